The van der Waals surface area contributed by atoms with Crippen molar-refractivity contribution in [1.29, 1.82) is 0 Å². The van der Waals surface area contributed by atoms with Crippen molar-refractivity contribution in [3.8, 4) is 0 Å². The molecule has 5 heteroatoms. The Balaban J connectivity index is 3.99. The monoisotopic (exact) mass is 242 g/mol. The predicted octanol–water partition coefficient (Wildman–Crippen LogP) is 1.75. The van der Waals surface area contributed by atoms with Crippen LogP contribution in [-0.4, -0.2) is 29.7 Å². The quantitative estimate of drug-likeness (QED) is 0.470. The minimum Gasteiger partial charge on any atom is -0.480 e. The van der Waals surface area contributed by atoms with Crippen molar-refractivity contribution < 1.29 is 14.7 Å². The number of carboxylic acids is 1. The molecular formula is C12H22N2O3. The first-order valence-corrected chi connectivity index (χ1v) is 5.85. The van der Waals surface area contributed by atoms with E-state index in [0.717, 1.165) is 6.42 Å². The second-order valence-electron chi connectivity index (χ2n) is 4.28. The molecule has 0 aliphatic rings. The highest BCUT2D eigenvalue weighted by Crippen LogP contribution is 2.04. The highest BCUT2D eigenvalue weighted by atomic mass is 16.4. The molecule has 0 rings (SSSR count). The van der Waals surface area contributed by atoms with E-state index in [0.29, 0.717) is 13.0 Å². The molecule has 1 atom stereocenters. The van der Waals surface area contributed by atoms with E-state index >= 15 is 0 Å². The number of carboxylic acid groups (broad SMARTS) is 1. The summed E-state index contributed by atoms with van der Waals surface area (Å²) in [5.74, 6) is -0.776. The van der Waals surface area contributed by atoms with Crippen molar-refractivity contribution in [3.63, 3.8) is 0 Å². The molecule has 0 fully saturated rings. The van der Waals surface area contributed by atoms with Crippen LogP contribution in [0.2, 0.25) is 0 Å². The molecule has 0 saturated carbocycles. The maximum absolute atomic E-state index is 11.4. The molecule has 0 bridgehead atoms. The minimum atomic E-state index is -0.998. The van der Waals surface area contributed by atoms with E-state index in [2.05, 4.69) is 10.6 Å². The first kappa shape index (κ1) is 15.5. The summed E-state index contributed by atoms with van der Waals surface area (Å²) in [7, 11) is 0. The number of rotatable bonds is 7. The van der Waals surface area contributed by atoms with Gasteiger partial charge in [0.15, 0.2) is 0 Å². The van der Waals surface area contributed by atoms with E-state index in [1.165, 1.54) is 0 Å². The molecule has 98 valence electrons. The van der Waals surface area contributed by atoms with Crippen molar-refractivity contribution in [2.75, 3.05) is 6.54 Å². The van der Waals surface area contributed by atoms with Gasteiger partial charge in [-0.25, -0.2) is 9.59 Å². The van der Waals surface area contributed by atoms with Crippen LogP contribution in [0.3, 0.4) is 0 Å². The summed E-state index contributed by atoms with van der Waals surface area (Å²) in [6, 6.07) is -1.25. The van der Waals surface area contributed by atoms with Crippen molar-refractivity contribution >= 4 is 12.0 Å². The molecule has 0 aliphatic carbocycles. The van der Waals surface area contributed by atoms with E-state index in [1.54, 1.807) is 0 Å². The Morgan fingerprint density at radius 3 is 2.47 bits per heavy atom. The second-order valence-corrected chi connectivity index (χ2v) is 4.28. The van der Waals surface area contributed by atoms with Crippen molar-refractivity contribution in [1.82, 2.24) is 10.6 Å². The third-order valence-corrected chi connectivity index (χ3v) is 2.14. The van der Waals surface area contributed by atoms with Gasteiger partial charge in [0.1, 0.15) is 6.04 Å². The number of hydrogen-bond donors (Lipinski definition) is 3. The predicted molar refractivity (Wildman–Crippen MR) is 66.8 cm³/mol. The van der Waals surface area contributed by atoms with E-state index in [9.17, 15) is 9.59 Å². The first-order valence-electron chi connectivity index (χ1n) is 5.85. The highest BCUT2D eigenvalue weighted by Gasteiger charge is 2.20. The van der Waals surface area contributed by atoms with Gasteiger partial charge in [-0.3, -0.25) is 0 Å². The molecule has 0 aromatic heterocycles. The SMILES string of the molecule is C/C=C/CCNC(=O)N[C@H](CC(C)C)C(=O)O. The molecule has 0 heterocycles. The van der Waals surface area contributed by atoms with Crippen LogP contribution in [0.15, 0.2) is 12.2 Å². The number of nitrogens with one attached hydrogen (secondary N) is 2. The normalized spacial score (nSPS) is 12.7. The zero-order chi connectivity index (χ0) is 13.3. The summed E-state index contributed by atoms with van der Waals surface area (Å²) in [5, 5.41) is 14.0. The average Bonchev–Trinajstić information content (AvgIpc) is 2.22. The van der Waals surface area contributed by atoms with Gasteiger partial charge in [0.05, 0.1) is 0 Å². The molecule has 0 saturated heterocycles. The lowest BCUT2D eigenvalue weighted by molar-refractivity contribution is -0.139. The maximum atomic E-state index is 11.4. The number of amides is 2. The van der Waals surface area contributed by atoms with Gasteiger partial charge in [-0.1, -0.05) is 26.0 Å². The van der Waals surface area contributed by atoms with Gasteiger partial charge in [0.2, 0.25) is 0 Å². The molecule has 0 radical (unpaired) electrons. The fraction of sp³-hybridized carbons (Fsp3) is 0.667. The Kier molecular flexibility index (Phi) is 7.84. The Bertz CT molecular complexity index is 275. The highest BCUT2D eigenvalue weighted by molar-refractivity contribution is 5.82. The fourth-order valence-corrected chi connectivity index (χ4v) is 1.34. The van der Waals surface area contributed by atoms with Gasteiger partial charge in [-0.15, -0.1) is 0 Å². The van der Waals surface area contributed by atoms with Crippen LogP contribution < -0.4 is 10.6 Å². The zero-order valence-corrected chi connectivity index (χ0v) is 10.7. The summed E-state index contributed by atoms with van der Waals surface area (Å²) < 4.78 is 0. The molecule has 3 N–H and O–H groups in total. The van der Waals surface area contributed by atoms with E-state index in [1.807, 2.05) is 32.9 Å². The van der Waals surface area contributed by atoms with E-state index < -0.39 is 18.0 Å². The first-order chi connectivity index (χ1) is 7.97. The standard InChI is InChI=1S/C12H22N2O3/c1-4-5-6-7-13-12(17)14-10(11(15)16)8-9(2)3/h4-5,9-10H,6-8H2,1-3H3,(H,15,16)(H2,13,14,17)/b5-4+/t10-/m1/s1. The van der Waals surface area contributed by atoms with E-state index in [-0.39, 0.29) is 5.92 Å². The van der Waals surface area contributed by atoms with E-state index in [4.69, 9.17) is 5.11 Å². The molecule has 0 aromatic rings. The maximum Gasteiger partial charge on any atom is 0.326 e. The molecule has 17 heavy (non-hydrogen) atoms. The van der Waals surface area contributed by atoms with Gasteiger partial charge in [0, 0.05) is 6.54 Å². The Hall–Kier alpha value is -1.52. The van der Waals surface area contributed by atoms with Gasteiger partial charge in [-0.05, 0) is 25.7 Å². The van der Waals surface area contributed by atoms with Crippen LogP contribution >= 0.6 is 0 Å². The Morgan fingerprint density at radius 1 is 1.35 bits per heavy atom. The Labute approximate surface area is 102 Å². The average molecular weight is 242 g/mol. The number of allylic oxidation sites excluding steroid dienone is 1. The zero-order valence-electron chi connectivity index (χ0n) is 10.7. The summed E-state index contributed by atoms with van der Waals surface area (Å²) in [6.07, 6.45) is 5.00. The second kappa shape index (κ2) is 8.61. The number of hydrogen-bond acceptors (Lipinski definition) is 2. The van der Waals surface area contributed by atoms with Crippen LogP contribution in [0.5, 0.6) is 0 Å². The van der Waals surface area contributed by atoms with Gasteiger partial charge < -0.3 is 15.7 Å². The topological polar surface area (TPSA) is 78.4 Å². The van der Waals surface area contributed by atoms with Gasteiger partial charge in [-0.2, -0.15) is 0 Å². The smallest absolute Gasteiger partial charge is 0.326 e. The largest absolute Gasteiger partial charge is 0.480 e. The number of carbonyl (C=O) groups is 2. The van der Waals surface area contributed by atoms with Gasteiger partial charge in [0.25, 0.3) is 0 Å². The summed E-state index contributed by atoms with van der Waals surface area (Å²) in [4.78, 5) is 22.3. The van der Waals surface area contributed by atoms with Crippen molar-refractivity contribution in [2.45, 2.75) is 39.7 Å². The molecule has 0 spiro atoms. The fourth-order valence-electron chi connectivity index (χ4n) is 1.34. The van der Waals surface area contributed by atoms with Gasteiger partial charge >= 0.3 is 12.0 Å². The summed E-state index contributed by atoms with van der Waals surface area (Å²) in [6.45, 7) is 6.25. The minimum absolute atomic E-state index is 0.222. The molecule has 2 amide bonds. The summed E-state index contributed by atoms with van der Waals surface area (Å²) in [5.41, 5.74) is 0. The van der Waals surface area contributed by atoms with Crippen LogP contribution in [0.1, 0.15) is 33.6 Å². The molecule has 0 aromatic carbocycles. The summed E-state index contributed by atoms with van der Waals surface area (Å²) >= 11 is 0. The third-order valence-electron chi connectivity index (χ3n) is 2.14. The number of aliphatic carboxylic acids is 1. The van der Waals surface area contributed by atoms with Crippen LogP contribution in [0.25, 0.3) is 0 Å². The van der Waals surface area contributed by atoms with Crippen LogP contribution in [0, 0.1) is 5.92 Å². The molecule has 5 nitrogen and oxygen atoms in total. The molecule has 0 aliphatic heterocycles. The van der Waals surface area contributed by atoms with Crippen LogP contribution in [0.4, 0.5) is 4.79 Å². The Morgan fingerprint density at radius 2 is 2.00 bits per heavy atom. The lowest BCUT2D eigenvalue weighted by Gasteiger charge is -2.16. The van der Waals surface area contributed by atoms with Crippen LogP contribution in [-0.2, 0) is 4.79 Å². The lowest BCUT2D eigenvalue weighted by atomic mass is 10.0. The van der Waals surface area contributed by atoms with Crippen molar-refractivity contribution in [2.24, 2.45) is 5.92 Å². The molecular weight excluding hydrogens is 220 g/mol. The lowest BCUT2D eigenvalue weighted by Crippen LogP contribution is -2.46. The van der Waals surface area contributed by atoms with Crippen molar-refractivity contribution in [3.05, 3.63) is 12.2 Å². The number of carbonyl (C=O) groups excluding carboxylic acids is 1. The number of urea groups is 1. The third kappa shape index (κ3) is 8.30. The molecule has 0 unspecified atom stereocenters.